The van der Waals surface area contributed by atoms with Crippen LogP contribution in [0.5, 0.6) is 0 Å². The lowest BCUT2D eigenvalue weighted by Gasteiger charge is -2.17. The van der Waals surface area contributed by atoms with Crippen LogP contribution < -0.4 is 21.9 Å². The number of carboxylic acids is 1. The molecular weight excluding hydrogens is 358 g/mol. The Hall–Kier alpha value is -2.50. The number of nitrogens with one attached hydrogen (secondary N) is 2. The number of halogens is 1. The average Bonchev–Trinajstić information content (AvgIpc) is 2.63. The molecule has 6 N–H and O–H groups in total. The van der Waals surface area contributed by atoms with E-state index in [1.807, 2.05) is 0 Å². The molecule has 1 radical (unpaired) electrons. The third kappa shape index (κ3) is 7.33. The van der Waals surface area contributed by atoms with Crippen LogP contribution in [-0.4, -0.2) is 66.6 Å². The Morgan fingerprint density at radius 3 is 2.59 bits per heavy atom. The predicted octanol–water partition coefficient (Wildman–Crippen LogP) is -1.66. The molecule has 0 aliphatic heterocycles. The van der Waals surface area contributed by atoms with E-state index in [1.165, 1.54) is 6.07 Å². The molecule has 0 aromatic heterocycles. The number of unbranched alkanes of at least 4 members (excludes halogenated alkanes) is 1. The highest BCUT2D eigenvalue weighted by Crippen LogP contribution is 2.07. The maximum atomic E-state index is 13.8. The fraction of sp³-hybridized carbons (Fsp3) is 0.438. The van der Waals surface area contributed by atoms with E-state index in [-0.39, 0.29) is 11.0 Å². The number of carbonyl (C=O) groups excluding carboxylic acids is 2. The lowest BCUT2D eigenvalue weighted by Crippen LogP contribution is -2.45. The molecule has 0 bridgehead atoms. The summed E-state index contributed by atoms with van der Waals surface area (Å²) in [4.78, 5) is 34.7. The minimum Gasteiger partial charge on any atom is -0.480 e. The van der Waals surface area contributed by atoms with Crippen LogP contribution in [-0.2, 0) is 9.59 Å². The number of hydrazine groups is 1. The second kappa shape index (κ2) is 11.3. The molecule has 0 fully saturated rings. The van der Waals surface area contributed by atoms with Gasteiger partial charge in [0.2, 0.25) is 5.91 Å². The summed E-state index contributed by atoms with van der Waals surface area (Å²) in [6.45, 7) is -0.160. The maximum absolute atomic E-state index is 13.8. The van der Waals surface area contributed by atoms with Crippen molar-refractivity contribution in [2.75, 3.05) is 20.1 Å². The summed E-state index contributed by atoms with van der Waals surface area (Å²) >= 11 is 0. The summed E-state index contributed by atoms with van der Waals surface area (Å²) in [6, 6.07) is 2.83. The van der Waals surface area contributed by atoms with Gasteiger partial charge in [-0.2, -0.15) is 0 Å². The normalized spacial score (nSPS) is 11.6. The van der Waals surface area contributed by atoms with Crippen molar-refractivity contribution < 1.29 is 28.9 Å². The molecule has 11 heteroatoms. The zero-order chi connectivity index (χ0) is 20.4. The fourth-order valence-electron chi connectivity index (χ4n) is 2.31. The van der Waals surface area contributed by atoms with E-state index in [9.17, 15) is 18.8 Å². The van der Waals surface area contributed by atoms with Crippen molar-refractivity contribution >= 4 is 30.7 Å². The molecule has 0 spiro atoms. The third-order valence-corrected chi connectivity index (χ3v) is 3.84. The van der Waals surface area contributed by atoms with Gasteiger partial charge in [0.1, 0.15) is 18.4 Å². The summed E-state index contributed by atoms with van der Waals surface area (Å²) in [7, 11) is 2.26. The highest BCUT2D eigenvalue weighted by molar-refractivity contribution is 6.45. The molecule has 27 heavy (non-hydrogen) atoms. The number of likely N-dealkylation sites (N-methyl/N-ethyl adjacent to an activating group) is 1. The first-order valence-electron chi connectivity index (χ1n) is 8.30. The summed E-state index contributed by atoms with van der Waals surface area (Å²) in [5.74, 6) is 2.35. The number of aliphatic carboxylic acids is 1. The lowest BCUT2D eigenvalue weighted by molar-refractivity contribution is -0.139. The Balaban J connectivity index is 2.39. The quantitative estimate of drug-likeness (QED) is 0.101. The van der Waals surface area contributed by atoms with Crippen LogP contribution >= 0.6 is 0 Å². The van der Waals surface area contributed by atoms with Gasteiger partial charge in [0.05, 0.1) is 5.56 Å². The second-order valence-electron chi connectivity index (χ2n) is 5.83. The number of hydrogen-bond donors (Lipinski definition) is 5. The van der Waals surface area contributed by atoms with Crippen molar-refractivity contribution in [1.82, 2.24) is 15.6 Å². The van der Waals surface area contributed by atoms with E-state index in [1.54, 1.807) is 7.05 Å². The monoisotopic (exact) mass is 381 g/mol. The van der Waals surface area contributed by atoms with Crippen LogP contribution in [0, 0.1) is 5.82 Å². The standard InChI is InChI=1S/C16H23BFN4O5/c1-20-13(16(25)26)4-2-3-7-21-14(23)9-22(19)15(24)11-6-5-10(17-27)8-12(11)18/h5-6,8,13,20,27H,2-4,7,9,19H2,1H3,(H,21,23)(H,25,26)/t13-/m0/s1. The third-order valence-electron chi connectivity index (χ3n) is 3.84. The fourth-order valence-corrected chi connectivity index (χ4v) is 2.31. The lowest BCUT2D eigenvalue weighted by atomic mass is 9.88. The van der Waals surface area contributed by atoms with Crippen molar-refractivity contribution in [2.24, 2.45) is 5.84 Å². The van der Waals surface area contributed by atoms with Crippen molar-refractivity contribution in [1.29, 1.82) is 0 Å². The molecule has 9 nitrogen and oxygen atoms in total. The van der Waals surface area contributed by atoms with Crippen LogP contribution in [0.2, 0.25) is 0 Å². The van der Waals surface area contributed by atoms with Gasteiger partial charge in [-0.1, -0.05) is 11.5 Å². The molecule has 0 heterocycles. The Labute approximate surface area is 157 Å². The molecule has 0 saturated heterocycles. The van der Waals surface area contributed by atoms with E-state index in [0.29, 0.717) is 38.3 Å². The van der Waals surface area contributed by atoms with Gasteiger partial charge in [0.15, 0.2) is 0 Å². The first-order chi connectivity index (χ1) is 12.8. The molecule has 147 valence electrons. The Morgan fingerprint density at radius 1 is 1.33 bits per heavy atom. The van der Waals surface area contributed by atoms with Gasteiger partial charge in [-0.25, -0.2) is 10.2 Å². The molecule has 1 aromatic rings. The highest BCUT2D eigenvalue weighted by Gasteiger charge is 2.19. The summed E-state index contributed by atoms with van der Waals surface area (Å²) in [5, 5.41) is 23.5. The van der Waals surface area contributed by atoms with Crippen molar-refractivity contribution in [3.05, 3.63) is 29.6 Å². The van der Waals surface area contributed by atoms with Gasteiger partial charge in [0, 0.05) is 6.54 Å². The zero-order valence-electron chi connectivity index (χ0n) is 14.9. The molecule has 0 unspecified atom stereocenters. The molecule has 0 aliphatic carbocycles. The molecule has 1 aromatic carbocycles. The van der Waals surface area contributed by atoms with Crippen LogP contribution in [0.4, 0.5) is 4.39 Å². The van der Waals surface area contributed by atoms with E-state index in [2.05, 4.69) is 10.6 Å². The molecule has 0 aliphatic rings. The van der Waals surface area contributed by atoms with Gasteiger partial charge in [0.25, 0.3) is 5.91 Å². The number of hydrogen-bond acceptors (Lipinski definition) is 6. The SMILES string of the molecule is CN[C@@H](CCCCNC(=O)CN(N)C(=O)c1ccc([B]O)cc1F)C(=O)O. The topological polar surface area (TPSA) is 145 Å². The molecule has 0 saturated carbocycles. The number of amides is 2. The zero-order valence-corrected chi connectivity index (χ0v) is 14.9. The average molecular weight is 381 g/mol. The largest absolute Gasteiger partial charge is 0.480 e. The number of benzene rings is 1. The van der Waals surface area contributed by atoms with E-state index in [4.69, 9.17) is 16.0 Å². The Morgan fingerprint density at radius 2 is 2.04 bits per heavy atom. The molecule has 1 atom stereocenters. The Bertz CT molecular complexity index is 676. The first-order valence-corrected chi connectivity index (χ1v) is 8.30. The van der Waals surface area contributed by atoms with E-state index in [0.717, 1.165) is 12.1 Å². The molecule has 2 amide bonds. The minimum absolute atomic E-state index is 0.189. The second-order valence-corrected chi connectivity index (χ2v) is 5.83. The first kappa shape index (κ1) is 22.5. The minimum atomic E-state index is -0.934. The van der Waals surface area contributed by atoms with Gasteiger partial charge in [-0.15, -0.1) is 0 Å². The van der Waals surface area contributed by atoms with Gasteiger partial charge in [-0.05, 0) is 38.4 Å². The molecule has 1 rings (SSSR count). The number of carbonyl (C=O) groups is 3. The smallest absolute Gasteiger partial charge is 0.326 e. The Kier molecular flexibility index (Phi) is 9.41. The summed E-state index contributed by atoms with van der Waals surface area (Å²) < 4.78 is 13.8. The van der Waals surface area contributed by atoms with Crippen molar-refractivity contribution in [2.45, 2.75) is 25.3 Å². The van der Waals surface area contributed by atoms with Crippen LogP contribution in [0.25, 0.3) is 0 Å². The number of nitrogens with zero attached hydrogens (tertiary/aromatic N) is 1. The maximum Gasteiger partial charge on any atom is 0.326 e. The van der Waals surface area contributed by atoms with Crippen molar-refractivity contribution in [3.8, 4) is 0 Å². The van der Waals surface area contributed by atoms with Crippen LogP contribution in [0.15, 0.2) is 18.2 Å². The highest BCUT2D eigenvalue weighted by atomic mass is 19.1. The van der Waals surface area contributed by atoms with E-state index >= 15 is 0 Å². The van der Waals surface area contributed by atoms with Gasteiger partial charge < -0.3 is 20.8 Å². The summed E-state index contributed by atoms with van der Waals surface area (Å²) in [6.07, 6.45) is 1.57. The van der Waals surface area contributed by atoms with E-state index < -0.39 is 36.2 Å². The number of carboxylic acid groups (broad SMARTS) is 1. The van der Waals surface area contributed by atoms with Crippen LogP contribution in [0.3, 0.4) is 0 Å². The predicted molar refractivity (Wildman–Crippen MR) is 96.6 cm³/mol. The molecular formula is C16H23BFN4O5. The van der Waals surface area contributed by atoms with Gasteiger partial charge >= 0.3 is 13.5 Å². The summed E-state index contributed by atoms with van der Waals surface area (Å²) in [5.41, 5.74) is -0.128. The van der Waals surface area contributed by atoms with Crippen LogP contribution in [0.1, 0.15) is 29.6 Å². The van der Waals surface area contributed by atoms with Crippen molar-refractivity contribution in [3.63, 3.8) is 0 Å². The number of rotatable bonds is 11. The number of nitrogens with two attached hydrogens (primary N) is 1. The van der Waals surface area contributed by atoms with Gasteiger partial charge in [-0.3, -0.25) is 19.4 Å².